The van der Waals surface area contributed by atoms with E-state index in [9.17, 15) is 34.2 Å². The third kappa shape index (κ3) is 9.06. The normalized spacial score (nSPS) is 13.1. The molecule has 194 valence electrons. The minimum atomic E-state index is -1.43. The van der Waals surface area contributed by atoms with E-state index < -0.39 is 47.7 Å². The summed E-state index contributed by atoms with van der Waals surface area (Å²) in [4.78, 5) is 67.4. The van der Waals surface area contributed by atoms with Crippen LogP contribution in [-0.2, 0) is 36.8 Å². The Labute approximate surface area is 205 Å². The zero-order valence-corrected chi connectivity index (χ0v) is 19.3. The van der Waals surface area contributed by atoms with Crippen molar-refractivity contribution in [1.29, 1.82) is 0 Å². The molecule has 0 aliphatic carbocycles. The molecule has 0 aliphatic heterocycles. The number of amides is 4. The van der Waals surface area contributed by atoms with Gasteiger partial charge in [0, 0.05) is 31.2 Å². The summed E-state index contributed by atoms with van der Waals surface area (Å²) in [7, 11) is 0. The summed E-state index contributed by atoms with van der Waals surface area (Å²) in [6, 6.07) is 2.02. The molecule has 0 spiro atoms. The van der Waals surface area contributed by atoms with Crippen molar-refractivity contribution in [3.8, 4) is 5.75 Å². The summed E-state index contributed by atoms with van der Waals surface area (Å²) in [6.07, 6.45) is 2.29. The quantitative estimate of drug-likeness (QED) is 0.137. The fraction of sp³-hybridized carbons (Fsp3) is 0.364. The molecule has 14 heteroatoms. The molecule has 1 aromatic heterocycles. The summed E-state index contributed by atoms with van der Waals surface area (Å²) in [5.41, 5.74) is 11.5. The lowest BCUT2D eigenvalue weighted by molar-refractivity contribution is -0.142. The summed E-state index contributed by atoms with van der Waals surface area (Å²) >= 11 is 0. The van der Waals surface area contributed by atoms with Crippen LogP contribution in [0.15, 0.2) is 36.8 Å². The fourth-order valence-corrected chi connectivity index (χ4v) is 3.24. The first-order valence-electron chi connectivity index (χ1n) is 11.0. The van der Waals surface area contributed by atoms with Crippen LogP contribution < -0.4 is 27.4 Å². The zero-order valence-electron chi connectivity index (χ0n) is 19.3. The van der Waals surface area contributed by atoms with E-state index in [1.165, 1.54) is 36.8 Å². The maximum absolute atomic E-state index is 13.1. The van der Waals surface area contributed by atoms with E-state index in [4.69, 9.17) is 11.5 Å². The number of benzene rings is 1. The van der Waals surface area contributed by atoms with Gasteiger partial charge in [-0.15, -0.1) is 0 Å². The highest BCUT2D eigenvalue weighted by Crippen LogP contribution is 2.12. The van der Waals surface area contributed by atoms with E-state index >= 15 is 0 Å². The van der Waals surface area contributed by atoms with Crippen molar-refractivity contribution in [2.45, 2.75) is 43.8 Å². The predicted molar refractivity (Wildman–Crippen MR) is 125 cm³/mol. The van der Waals surface area contributed by atoms with Gasteiger partial charge in [0.05, 0.1) is 12.9 Å². The first kappa shape index (κ1) is 27.8. The van der Waals surface area contributed by atoms with Crippen molar-refractivity contribution < 1.29 is 34.2 Å². The average Bonchev–Trinajstić information content (AvgIpc) is 3.34. The number of phenolic OH excluding ortho intramolecular Hbond substituents is 1. The number of aromatic amines is 1. The summed E-state index contributed by atoms with van der Waals surface area (Å²) in [5.74, 6) is -4.29. The number of hydrogen-bond acceptors (Lipinski definition) is 8. The standard InChI is InChI=1S/C22H29N7O7/c23-9-19(32)27-17(8-13-10-25-11-26-13)21(34)29-16(7-12-1-3-14(30)4-2-12)20(33)28-15(22(35)36)5-6-18(24)31/h1-4,10-11,15-17,30H,5-9,23H2,(H2,24,31)(H,25,26)(H,27,32)(H,28,33)(H,29,34)(H,35,36). The number of primary amides is 1. The van der Waals surface area contributed by atoms with Crippen LogP contribution in [0.5, 0.6) is 5.75 Å². The van der Waals surface area contributed by atoms with Crippen LogP contribution in [0.25, 0.3) is 0 Å². The van der Waals surface area contributed by atoms with Gasteiger partial charge in [0.2, 0.25) is 23.6 Å². The highest BCUT2D eigenvalue weighted by molar-refractivity contribution is 5.94. The van der Waals surface area contributed by atoms with Gasteiger partial charge >= 0.3 is 5.97 Å². The Morgan fingerprint density at radius 1 is 0.944 bits per heavy atom. The molecule has 4 amide bonds. The number of nitrogens with two attached hydrogens (primary N) is 2. The third-order valence-electron chi connectivity index (χ3n) is 5.12. The summed E-state index contributed by atoms with van der Waals surface area (Å²) < 4.78 is 0. The number of carbonyl (C=O) groups is 5. The lowest BCUT2D eigenvalue weighted by Gasteiger charge is -2.24. The van der Waals surface area contributed by atoms with Gasteiger partial charge in [0.25, 0.3) is 0 Å². The van der Waals surface area contributed by atoms with Crippen molar-refractivity contribution in [2.75, 3.05) is 6.54 Å². The number of nitrogens with zero attached hydrogens (tertiary/aromatic N) is 1. The highest BCUT2D eigenvalue weighted by Gasteiger charge is 2.30. The van der Waals surface area contributed by atoms with Crippen LogP contribution in [0.1, 0.15) is 24.1 Å². The third-order valence-corrected chi connectivity index (χ3v) is 5.12. The minimum absolute atomic E-state index is 0.00898. The monoisotopic (exact) mass is 503 g/mol. The van der Waals surface area contributed by atoms with Crippen LogP contribution in [0, 0.1) is 0 Å². The van der Waals surface area contributed by atoms with Crippen LogP contribution in [0.4, 0.5) is 0 Å². The number of H-pyrrole nitrogens is 1. The van der Waals surface area contributed by atoms with Gasteiger partial charge < -0.3 is 42.6 Å². The molecular weight excluding hydrogens is 474 g/mol. The number of aliphatic carboxylic acids is 1. The molecule has 1 aromatic carbocycles. The first-order valence-corrected chi connectivity index (χ1v) is 11.0. The van der Waals surface area contributed by atoms with Crippen molar-refractivity contribution in [3.05, 3.63) is 48.0 Å². The van der Waals surface area contributed by atoms with Crippen LogP contribution in [-0.4, -0.2) is 74.4 Å². The predicted octanol–water partition coefficient (Wildman–Crippen LogP) is -2.34. The van der Waals surface area contributed by atoms with Gasteiger partial charge in [-0.25, -0.2) is 9.78 Å². The van der Waals surface area contributed by atoms with Gasteiger partial charge in [0.1, 0.15) is 23.9 Å². The van der Waals surface area contributed by atoms with Crippen molar-refractivity contribution >= 4 is 29.6 Å². The second kappa shape index (κ2) is 13.4. The molecule has 2 rings (SSSR count). The number of imidazole rings is 1. The maximum atomic E-state index is 13.1. The lowest BCUT2D eigenvalue weighted by Crippen LogP contribution is -2.57. The number of carboxylic acid groups (broad SMARTS) is 1. The number of nitrogens with one attached hydrogen (secondary N) is 4. The molecule has 36 heavy (non-hydrogen) atoms. The Morgan fingerprint density at radius 3 is 2.08 bits per heavy atom. The molecule has 14 nitrogen and oxygen atoms in total. The van der Waals surface area contributed by atoms with E-state index in [0.717, 1.165) is 0 Å². The topological polar surface area (TPSA) is 243 Å². The Bertz CT molecular complexity index is 1060. The second-order valence-corrected chi connectivity index (χ2v) is 7.94. The van der Waals surface area contributed by atoms with Gasteiger partial charge in [-0.1, -0.05) is 12.1 Å². The lowest BCUT2D eigenvalue weighted by atomic mass is 10.0. The molecule has 10 N–H and O–H groups in total. The Balaban J connectivity index is 2.25. The molecule has 3 atom stereocenters. The van der Waals surface area contributed by atoms with E-state index in [2.05, 4.69) is 25.9 Å². The first-order chi connectivity index (χ1) is 17.1. The number of rotatable bonds is 14. The Kier molecular flexibility index (Phi) is 10.4. The minimum Gasteiger partial charge on any atom is -0.508 e. The Morgan fingerprint density at radius 2 is 1.56 bits per heavy atom. The molecule has 1 heterocycles. The number of aromatic hydroxyl groups is 1. The second-order valence-electron chi connectivity index (χ2n) is 7.94. The SMILES string of the molecule is NCC(=O)NC(Cc1cnc[nH]1)C(=O)NC(Cc1ccc(O)cc1)C(=O)NC(CCC(N)=O)C(=O)O. The van der Waals surface area contributed by atoms with Gasteiger partial charge in [-0.3, -0.25) is 19.2 Å². The largest absolute Gasteiger partial charge is 0.508 e. The molecule has 0 radical (unpaired) electrons. The molecule has 2 aromatic rings. The van der Waals surface area contributed by atoms with E-state index in [1.54, 1.807) is 0 Å². The molecule has 0 fully saturated rings. The molecule has 3 unspecified atom stereocenters. The molecule has 0 aliphatic rings. The molecule has 0 saturated carbocycles. The van der Waals surface area contributed by atoms with Crippen molar-refractivity contribution in [1.82, 2.24) is 25.9 Å². The number of phenols is 1. The van der Waals surface area contributed by atoms with Gasteiger partial charge in [-0.05, 0) is 24.1 Å². The highest BCUT2D eigenvalue weighted by atomic mass is 16.4. The van der Waals surface area contributed by atoms with Crippen LogP contribution in [0.3, 0.4) is 0 Å². The van der Waals surface area contributed by atoms with Gasteiger partial charge in [0.15, 0.2) is 0 Å². The summed E-state index contributed by atoms with van der Waals surface area (Å²) in [5, 5.41) is 26.3. The fourth-order valence-electron chi connectivity index (χ4n) is 3.24. The number of carbonyl (C=O) groups excluding carboxylic acids is 4. The zero-order chi connectivity index (χ0) is 26.7. The summed E-state index contributed by atoms with van der Waals surface area (Å²) in [6.45, 7) is -0.371. The van der Waals surface area contributed by atoms with Crippen LogP contribution in [0.2, 0.25) is 0 Å². The smallest absolute Gasteiger partial charge is 0.326 e. The van der Waals surface area contributed by atoms with E-state index in [-0.39, 0.29) is 38.0 Å². The van der Waals surface area contributed by atoms with E-state index in [1.807, 2.05) is 0 Å². The number of carboxylic acids is 1. The van der Waals surface area contributed by atoms with Crippen molar-refractivity contribution in [3.63, 3.8) is 0 Å². The maximum Gasteiger partial charge on any atom is 0.326 e. The average molecular weight is 504 g/mol. The Hall–Kier alpha value is -4.46. The molecule has 0 saturated heterocycles. The number of aromatic nitrogens is 2. The van der Waals surface area contributed by atoms with Crippen LogP contribution >= 0.6 is 0 Å². The molecular formula is C22H29N7O7. The molecule has 0 bridgehead atoms. The van der Waals surface area contributed by atoms with Gasteiger partial charge in [-0.2, -0.15) is 0 Å². The number of hydrogen-bond donors (Lipinski definition) is 8. The van der Waals surface area contributed by atoms with Crippen molar-refractivity contribution in [2.24, 2.45) is 11.5 Å². The van der Waals surface area contributed by atoms with E-state index in [0.29, 0.717) is 11.3 Å².